The second-order valence-electron chi connectivity index (χ2n) is 4.84. The number of sulfonamides is 1. The van der Waals surface area contributed by atoms with Gasteiger partial charge in [-0.25, -0.2) is 13.6 Å². The molecule has 0 aliphatic heterocycles. The standard InChI is InChI=1S/C15H15ClN2O3S/c1-18(10-11-5-3-2-4-6-11)15(19)12-7-8-13(16)14(9-12)22(17,20)21/h2-9H,10H2,1H3,(H2,17,20,21). The number of nitrogens with two attached hydrogens (primary N) is 1. The number of hydrogen-bond acceptors (Lipinski definition) is 3. The lowest BCUT2D eigenvalue weighted by atomic mass is 10.1. The van der Waals surface area contributed by atoms with Gasteiger partial charge in [-0.1, -0.05) is 41.9 Å². The molecule has 0 fully saturated rings. The van der Waals surface area contributed by atoms with Crippen LogP contribution < -0.4 is 5.14 Å². The SMILES string of the molecule is CN(Cc1ccccc1)C(=O)c1ccc(Cl)c(S(N)(=O)=O)c1. The fourth-order valence-electron chi connectivity index (χ4n) is 2.00. The summed E-state index contributed by atoms with van der Waals surface area (Å²) in [6.45, 7) is 0.410. The van der Waals surface area contributed by atoms with Crippen molar-refractivity contribution in [1.29, 1.82) is 0 Å². The molecule has 0 aliphatic carbocycles. The van der Waals surface area contributed by atoms with Crippen molar-refractivity contribution >= 4 is 27.5 Å². The van der Waals surface area contributed by atoms with Crippen molar-refractivity contribution < 1.29 is 13.2 Å². The Kier molecular flexibility index (Phi) is 4.85. The third-order valence-corrected chi connectivity index (χ3v) is 4.49. The first-order valence-electron chi connectivity index (χ1n) is 6.41. The summed E-state index contributed by atoms with van der Waals surface area (Å²) in [4.78, 5) is 13.6. The van der Waals surface area contributed by atoms with Gasteiger partial charge >= 0.3 is 0 Å². The zero-order valence-electron chi connectivity index (χ0n) is 11.9. The Morgan fingerprint density at radius 1 is 1.18 bits per heavy atom. The highest BCUT2D eigenvalue weighted by Gasteiger charge is 2.18. The zero-order valence-corrected chi connectivity index (χ0v) is 13.4. The van der Waals surface area contributed by atoms with E-state index in [0.717, 1.165) is 5.56 Å². The Bertz CT molecular complexity index is 792. The molecule has 0 radical (unpaired) electrons. The number of carbonyl (C=O) groups is 1. The number of rotatable bonds is 4. The third kappa shape index (κ3) is 3.85. The predicted octanol–water partition coefficient (Wildman–Crippen LogP) is 2.26. The molecule has 1 amide bonds. The van der Waals surface area contributed by atoms with Crippen molar-refractivity contribution in [2.24, 2.45) is 5.14 Å². The van der Waals surface area contributed by atoms with Gasteiger partial charge in [-0.15, -0.1) is 0 Å². The van der Waals surface area contributed by atoms with Gasteiger partial charge in [0.05, 0.1) is 5.02 Å². The highest BCUT2D eigenvalue weighted by Crippen LogP contribution is 2.22. The van der Waals surface area contributed by atoms with Crippen LogP contribution in [-0.4, -0.2) is 26.3 Å². The van der Waals surface area contributed by atoms with Crippen molar-refractivity contribution in [3.05, 3.63) is 64.7 Å². The maximum atomic E-state index is 12.4. The van der Waals surface area contributed by atoms with E-state index in [1.54, 1.807) is 7.05 Å². The quantitative estimate of drug-likeness (QED) is 0.928. The minimum Gasteiger partial charge on any atom is -0.337 e. The van der Waals surface area contributed by atoms with Gasteiger partial charge in [0.1, 0.15) is 4.90 Å². The van der Waals surface area contributed by atoms with Gasteiger partial charge in [-0.05, 0) is 23.8 Å². The molecular weight excluding hydrogens is 324 g/mol. The fourth-order valence-corrected chi connectivity index (χ4v) is 3.08. The van der Waals surface area contributed by atoms with Crippen LogP contribution >= 0.6 is 11.6 Å². The Morgan fingerprint density at radius 3 is 2.41 bits per heavy atom. The zero-order chi connectivity index (χ0) is 16.3. The van der Waals surface area contributed by atoms with E-state index in [1.165, 1.54) is 23.1 Å². The van der Waals surface area contributed by atoms with Crippen LogP contribution in [0.3, 0.4) is 0 Å². The summed E-state index contributed by atoms with van der Waals surface area (Å²) >= 11 is 5.81. The van der Waals surface area contributed by atoms with Gasteiger partial charge in [0.2, 0.25) is 10.0 Å². The van der Waals surface area contributed by atoms with E-state index in [9.17, 15) is 13.2 Å². The number of benzene rings is 2. The molecule has 0 aliphatic rings. The van der Waals surface area contributed by atoms with Crippen LogP contribution in [0.25, 0.3) is 0 Å². The average molecular weight is 339 g/mol. The molecule has 0 saturated carbocycles. The average Bonchev–Trinajstić information content (AvgIpc) is 2.47. The van der Waals surface area contributed by atoms with Crippen LogP contribution in [0.2, 0.25) is 5.02 Å². The van der Waals surface area contributed by atoms with Gasteiger partial charge in [-0.3, -0.25) is 4.79 Å². The van der Waals surface area contributed by atoms with Gasteiger partial charge < -0.3 is 4.90 Å². The summed E-state index contributed by atoms with van der Waals surface area (Å²) in [7, 11) is -2.34. The Hall–Kier alpha value is -1.89. The number of hydrogen-bond donors (Lipinski definition) is 1. The molecule has 7 heteroatoms. The smallest absolute Gasteiger partial charge is 0.253 e. The maximum absolute atomic E-state index is 12.4. The molecule has 0 unspecified atom stereocenters. The van der Waals surface area contributed by atoms with Crippen LogP contribution in [0.5, 0.6) is 0 Å². The van der Waals surface area contributed by atoms with E-state index in [0.29, 0.717) is 6.54 Å². The lowest BCUT2D eigenvalue weighted by molar-refractivity contribution is 0.0785. The van der Waals surface area contributed by atoms with E-state index < -0.39 is 10.0 Å². The minimum atomic E-state index is -3.98. The molecule has 2 aromatic rings. The lowest BCUT2D eigenvalue weighted by Crippen LogP contribution is -2.26. The van der Waals surface area contributed by atoms with Gasteiger partial charge in [0.15, 0.2) is 0 Å². The summed E-state index contributed by atoms with van der Waals surface area (Å²) < 4.78 is 22.9. The summed E-state index contributed by atoms with van der Waals surface area (Å²) in [5.41, 5.74) is 1.19. The van der Waals surface area contributed by atoms with E-state index in [2.05, 4.69) is 0 Å². The van der Waals surface area contributed by atoms with Gasteiger partial charge in [0.25, 0.3) is 5.91 Å². The molecule has 2 rings (SSSR count). The van der Waals surface area contributed by atoms with Gasteiger partial charge in [-0.2, -0.15) is 0 Å². The maximum Gasteiger partial charge on any atom is 0.253 e. The van der Waals surface area contributed by atoms with Crippen molar-refractivity contribution in [1.82, 2.24) is 4.90 Å². The van der Waals surface area contributed by atoms with Crippen LogP contribution in [0.1, 0.15) is 15.9 Å². The molecule has 22 heavy (non-hydrogen) atoms. The molecule has 116 valence electrons. The molecule has 5 nitrogen and oxygen atoms in total. The van der Waals surface area contributed by atoms with Crippen LogP contribution in [-0.2, 0) is 16.6 Å². The van der Waals surface area contributed by atoms with E-state index in [1.807, 2.05) is 30.3 Å². The third-order valence-electron chi connectivity index (χ3n) is 3.09. The van der Waals surface area contributed by atoms with E-state index in [-0.39, 0.29) is 21.4 Å². The molecule has 2 N–H and O–H groups in total. The molecule has 0 spiro atoms. The molecule has 0 saturated heterocycles. The van der Waals surface area contributed by atoms with Crippen LogP contribution in [0.15, 0.2) is 53.4 Å². The molecule has 0 bridgehead atoms. The predicted molar refractivity (Wildman–Crippen MR) is 85.1 cm³/mol. The number of carbonyl (C=O) groups excluding carboxylic acids is 1. The van der Waals surface area contributed by atoms with Crippen molar-refractivity contribution in [2.45, 2.75) is 11.4 Å². The summed E-state index contributed by atoms with van der Waals surface area (Å²) in [6.07, 6.45) is 0. The normalized spacial score (nSPS) is 11.2. The highest BCUT2D eigenvalue weighted by atomic mass is 35.5. The van der Waals surface area contributed by atoms with E-state index in [4.69, 9.17) is 16.7 Å². The summed E-state index contributed by atoms with van der Waals surface area (Å²) in [5, 5.41) is 5.08. The second kappa shape index (κ2) is 6.48. The van der Waals surface area contributed by atoms with Crippen molar-refractivity contribution in [3.63, 3.8) is 0 Å². The summed E-state index contributed by atoms with van der Waals surface area (Å²) in [6, 6.07) is 13.5. The van der Waals surface area contributed by atoms with E-state index >= 15 is 0 Å². The van der Waals surface area contributed by atoms with Gasteiger partial charge in [0, 0.05) is 19.2 Å². The molecule has 0 aromatic heterocycles. The molecule has 0 atom stereocenters. The monoisotopic (exact) mass is 338 g/mol. The Labute approximate surface area is 134 Å². The molecule has 0 heterocycles. The Balaban J connectivity index is 2.26. The minimum absolute atomic E-state index is 0.00948. The number of primary sulfonamides is 1. The largest absolute Gasteiger partial charge is 0.337 e. The van der Waals surface area contributed by atoms with Crippen LogP contribution in [0.4, 0.5) is 0 Å². The number of halogens is 1. The first-order valence-corrected chi connectivity index (χ1v) is 8.33. The summed E-state index contributed by atoms with van der Waals surface area (Å²) in [5.74, 6) is -0.314. The van der Waals surface area contributed by atoms with Crippen molar-refractivity contribution in [3.8, 4) is 0 Å². The first kappa shape index (κ1) is 16.5. The number of nitrogens with zero attached hydrogens (tertiary/aromatic N) is 1. The topological polar surface area (TPSA) is 80.5 Å². The molecule has 2 aromatic carbocycles. The van der Waals surface area contributed by atoms with Crippen LogP contribution in [0, 0.1) is 0 Å². The van der Waals surface area contributed by atoms with Crippen molar-refractivity contribution in [2.75, 3.05) is 7.05 Å². The first-order chi connectivity index (χ1) is 10.3. The highest BCUT2D eigenvalue weighted by molar-refractivity contribution is 7.89. The lowest BCUT2D eigenvalue weighted by Gasteiger charge is -2.18. The fraction of sp³-hybridized carbons (Fsp3) is 0.133. The Morgan fingerprint density at radius 2 is 1.82 bits per heavy atom. The molecular formula is C15H15ClN2O3S. The number of amides is 1. The second-order valence-corrected chi connectivity index (χ2v) is 6.77.